The molecule has 1 fully saturated rings. The van der Waals surface area contributed by atoms with Gasteiger partial charge in [0, 0.05) is 24.7 Å². The van der Waals surface area contributed by atoms with Gasteiger partial charge < -0.3 is 29.7 Å². The zero-order valence-corrected chi connectivity index (χ0v) is 16.0. The Labute approximate surface area is 163 Å². The third-order valence-electron chi connectivity index (χ3n) is 4.50. The number of methoxy groups -OCH3 is 3. The van der Waals surface area contributed by atoms with Crippen molar-refractivity contribution in [2.24, 2.45) is 0 Å². The number of ether oxygens (including phenoxy) is 3. The standard InChI is InChI=1S/C20H23N3O5/c1-26-15-6-4-14(5-7-15)23-12-13(10-19(23)24)21-20(25)22-17-9-8-16(27-2)11-18(17)28-3/h4-9,11,13H,10,12H2,1-3H3,(H2,21,22,25). The summed E-state index contributed by atoms with van der Waals surface area (Å²) in [7, 11) is 4.66. The van der Waals surface area contributed by atoms with Gasteiger partial charge in [0.15, 0.2) is 0 Å². The van der Waals surface area contributed by atoms with Gasteiger partial charge in [0.25, 0.3) is 0 Å². The third-order valence-corrected chi connectivity index (χ3v) is 4.50. The molecular weight excluding hydrogens is 362 g/mol. The molecule has 0 aliphatic carbocycles. The lowest BCUT2D eigenvalue weighted by Gasteiger charge is -2.18. The predicted octanol–water partition coefficient (Wildman–Crippen LogP) is 2.64. The molecule has 2 aromatic rings. The zero-order valence-electron chi connectivity index (χ0n) is 16.0. The number of nitrogens with one attached hydrogen (secondary N) is 2. The highest BCUT2D eigenvalue weighted by atomic mass is 16.5. The van der Waals surface area contributed by atoms with E-state index < -0.39 is 6.03 Å². The molecule has 28 heavy (non-hydrogen) atoms. The monoisotopic (exact) mass is 385 g/mol. The van der Waals surface area contributed by atoms with Gasteiger partial charge in [-0.15, -0.1) is 0 Å². The van der Waals surface area contributed by atoms with Crippen molar-refractivity contribution in [1.29, 1.82) is 0 Å². The van der Waals surface area contributed by atoms with Gasteiger partial charge in [-0.05, 0) is 36.4 Å². The van der Waals surface area contributed by atoms with Crippen LogP contribution < -0.4 is 29.7 Å². The lowest BCUT2D eigenvalue weighted by molar-refractivity contribution is -0.117. The van der Waals surface area contributed by atoms with Crippen LogP contribution in [-0.2, 0) is 4.79 Å². The molecule has 0 aromatic heterocycles. The number of hydrogen-bond acceptors (Lipinski definition) is 5. The van der Waals surface area contributed by atoms with Crippen molar-refractivity contribution in [3.8, 4) is 17.2 Å². The summed E-state index contributed by atoms with van der Waals surface area (Å²) in [5.41, 5.74) is 1.28. The molecule has 8 heteroatoms. The van der Waals surface area contributed by atoms with Crippen LogP contribution in [0.4, 0.5) is 16.2 Å². The van der Waals surface area contributed by atoms with E-state index in [9.17, 15) is 9.59 Å². The van der Waals surface area contributed by atoms with Crippen molar-refractivity contribution < 1.29 is 23.8 Å². The van der Waals surface area contributed by atoms with E-state index in [2.05, 4.69) is 10.6 Å². The Morgan fingerprint density at radius 1 is 1.00 bits per heavy atom. The smallest absolute Gasteiger partial charge is 0.319 e. The molecule has 1 saturated heterocycles. The molecule has 3 rings (SSSR count). The van der Waals surface area contributed by atoms with E-state index >= 15 is 0 Å². The van der Waals surface area contributed by atoms with Crippen LogP contribution in [0.5, 0.6) is 17.2 Å². The van der Waals surface area contributed by atoms with E-state index in [1.807, 2.05) is 12.1 Å². The molecule has 0 radical (unpaired) electrons. The molecule has 0 saturated carbocycles. The van der Waals surface area contributed by atoms with Crippen molar-refractivity contribution in [3.63, 3.8) is 0 Å². The number of urea groups is 1. The molecule has 0 bridgehead atoms. The van der Waals surface area contributed by atoms with Crippen LogP contribution in [0.3, 0.4) is 0 Å². The van der Waals surface area contributed by atoms with Gasteiger partial charge >= 0.3 is 6.03 Å². The van der Waals surface area contributed by atoms with Crippen molar-refractivity contribution in [2.45, 2.75) is 12.5 Å². The summed E-state index contributed by atoms with van der Waals surface area (Å²) in [6, 6.07) is 11.6. The molecule has 0 spiro atoms. The molecule has 1 unspecified atom stereocenters. The number of rotatable bonds is 6. The number of benzene rings is 2. The van der Waals surface area contributed by atoms with E-state index in [-0.39, 0.29) is 18.4 Å². The molecule has 1 atom stereocenters. The first-order chi connectivity index (χ1) is 13.5. The second kappa shape index (κ2) is 8.51. The Hall–Kier alpha value is -3.42. The fourth-order valence-corrected chi connectivity index (χ4v) is 3.06. The molecule has 3 amide bonds. The predicted molar refractivity (Wildman–Crippen MR) is 105 cm³/mol. The lowest BCUT2D eigenvalue weighted by Crippen LogP contribution is -2.39. The van der Waals surface area contributed by atoms with Crippen LogP contribution in [0.1, 0.15) is 6.42 Å². The number of carbonyl (C=O) groups is 2. The van der Waals surface area contributed by atoms with Crippen LogP contribution in [0.15, 0.2) is 42.5 Å². The molecule has 148 valence electrons. The Balaban J connectivity index is 1.61. The first kappa shape index (κ1) is 19.3. The molecule has 1 heterocycles. The van der Waals surface area contributed by atoms with Crippen LogP contribution >= 0.6 is 0 Å². The normalized spacial score (nSPS) is 15.9. The molecule has 1 aliphatic rings. The second-order valence-corrected chi connectivity index (χ2v) is 6.27. The Kier molecular flexibility index (Phi) is 5.88. The summed E-state index contributed by atoms with van der Waals surface area (Å²) in [6.07, 6.45) is 0.235. The molecule has 1 aliphatic heterocycles. The minimum Gasteiger partial charge on any atom is -0.497 e. The third kappa shape index (κ3) is 4.28. The van der Waals surface area contributed by atoms with Crippen molar-refractivity contribution >= 4 is 23.3 Å². The van der Waals surface area contributed by atoms with Crippen molar-refractivity contribution in [2.75, 3.05) is 38.1 Å². The van der Waals surface area contributed by atoms with E-state index in [1.54, 1.807) is 49.5 Å². The van der Waals surface area contributed by atoms with Crippen LogP contribution in [-0.4, -0.2) is 45.9 Å². The fourth-order valence-electron chi connectivity index (χ4n) is 3.06. The highest BCUT2D eigenvalue weighted by Gasteiger charge is 2.31. The molecule has 2 aromatic carbocycles. The topological polar surface area (TPSA) is 89.1 Å². The Morgan fingerprint density at radius 2 is 1.68 bits per heavy atom. The van der Waals surface area contributed by atoms with Gasteiger partial charge in [0.1, 0.15) is 17.2 Å². The Morgan fingerprint density at radius 3 is 2.32 bits per heavy atom. The van der Waals surface area contributed by atoms with E-state index in [4.69, 9.17) is 14.2 Å². The molecule has 2 N–H and O–H groups in total. The molecule has 8 nitrogen and oxygen atoms in total. The largest absolute Gasteiger partial charge is 0.497 e. The number of nitrogens with zero attached hydrogens (tertiary/aromatic N) is 1. The van der Waals surface area contributed by atoms with Crippen LogP contribution in [0.25, 0.3) is 0 Å². The highest BCUT2D eigenvalue weighted by Crippen LogP contribution is 2.29. The van der Waals surface area contributed by atoms with Gasteiger partial charge in [0.05, 0.1) is 33.1 Å². The van der Waals surface area contributed by atoms with Gasteiger partial charge in [-0.3, -0.25) is 4.79 Å². The maximum atomic E-state index is 12.4. The Bertz CT molecular complexity index is 853. The SMILES string of the molecule is COc1ccc(N2CC(NC(=O)Nc3ccc(OC)cc3OC)CC2=O)cc1. The van der Waals surface area contributed by atoms with Crippen LogP contribution in [0.2, 0.25) is 0 Å². The zero-order chi connectivity index (χ0) is 20.1. The summed E-state index contributed by atoms with van der Waals surface area (Å²) >= 11 is 0. The van der Waals surface area contributed by atoms with E-state index in [1.165, 1.54) is 7.11 Å². The van der Waals surface area contributed by atoms with E-state index in [0.29, 0.717) is 23.7 Å². The quantitative estimate of drug-likeness (QED) is 0.798. The maximum absolute atomic E-state index is 12.4. The number of anilines is 2. The van der Waals surface area contributed by atoms with Gasteiger partial charge in [0.2, 0.25) is 5.91 Å². The minimum atomic E-state index is -0.405. The van der Waals surface area contributed by atoms with Gasteiger partial charge in [-0.2, -0.15) is 0 Å². The maximum Gasteiger partial charge on any atom is 0.319 e. The second-order valence-electron chi connectivity index (χ2n) is 6.27. The van der Waals surface area contributed by atoms with Crippen LogP contribution in [0, 0.1) is 0 Å². The lowest BCUT2D eigenvalue weighted by atomic mass is 10.2. The average molecular weight is 385 g/mol. The summed E-state index contributed by atoms with van der Waals surface area (Å²) in [4.78, 5) is 26.4. The summed E-state index contributed by atoms with van der Waals surface area (Å²) < 4.78 is 15.6. The van der Waals surface area contributed by atoms with Gasteiger partial charge in [-0.1, -0.05) is 0 Å². The highest BCUT2D eigenvalue weighted by molar-refractivity contribution is 5.98. The minimum absolute atomic E-state index is 0.0440. The van der Waals surface area contributed by atoms with Gasteiger partial charge in [-0.25, -0.2) is 4.79 Å². The number of carbonyl (C=O) groups excluding carboxylic acids is 2. The average Bonchev–Trinajstić information content (AvgIpc) is 3.08. The molecular formula is C20H23N3O5. The summed E-state index contributed by atoms with van der Waals surface area (Å²) in [6.45, 7) is 0.401. The first-order valence-electron chi connectivity index (χ1n) is 8.78. The number of hydrogen-bond donors (Lipinski definition) is 2. The van der Waals surface area contributed by atoms with Crippen molar-refractivity contribution in [3.05, 3.63) is 42.5 Å². The number of amides is 3. The summed E-state index contributed by atoms with van der Waals surface area (Å²) in [5.74, 6) is 1.78. The summed E-state index contributed by atoms with van der Waals surface area (Å²) in [5, 5.41) is 5.58. The van der Waals surface area contributed by atoms with Crippen molar-refractivity contribution in [1.82, 2.24) is 5.32 Å². The fraction of sp³-hybridized carbons (Fsp3) is 0.300. The first-order valence-corrected chi connectivity index (χ1v) is 8.78. The van der Waals surface area contributed by atoms with E-state index in [0.717, 1.165) is 11.4 Å².